The van der Waals surface area contributed by atoms with E-state index in [1.165, 1.54) is 39.2 Å². The van der Waals surface area contributed by atoms with E-state index in [2.05, 4.69) is 5.32 Å². The average Bonchev–Trinajstić information content (AvgIpc) is 3.09. The van der Waals surface area contributed by atoms with Crippen LogP contribution in [0.3, 0.4) is 0 Å². The first kappa shape index (κ1) is 15.8. The van der Waals surface area contributed by atoms with Crippen molar-refractivity contribution in [2.45, 2.75) is 44.7 Å². The fraction of sp³-hybridized carbons (Fsp3) is 0.421. The predicted molar refractivity (Wildman–Crippen MR) is 88.0 cm³/mol. The summed E-state index contributed by atoms with van der Waals surface area (Å²) in [6, 6.07) is 12.1. The molecule has 1 aromatic carbocycles. The van der Waals surface area contributed by atoms with E-state index < -0.39 is 0 Å². The van der Waals surface area contributed by atoms with Gasteiger partial charge in [-0.1, -0.05) is 18.6 Å². The molecular weight excluding hydrogens is 290 g/mol. The molecule has 1 fully saturated rings. The molecule has 1 aliphatic rings. The van der Waals surface area contributed by atoms with Gasteiger partial charge in [0.15, 0.2) is 5.76 Å². The summed E-state index contributed by atoms with van der Waals surface area (Å²) >= 11 is 0. The Morgan fingerprint density at radius 2 is 1.87 bits per heavy atom. The number of esters is 1. The first-order chi connectivity index (χ1) is 11.3. The summed E-state index contributed by atoms with van der Waals surface area (Å²) in [5, 5.41) is 2.40. The van der Waals surface area contributed by atoms with E-state index in [1.807, 2.05) is 24.3 Å². The Morgan fingerprint density at radius 3 is 2.57 bits per heavy atom. The molecular formula is C19H24NO3+. The van der Waals surface area contributed by atoms with Crippen molar-refractivity contribution in [3.63, 3.8) is 0 Å². The monoisotopic (exact) mass is 314 g/mol. The summed E-state index contributed by atoms with van der Waals surface area (Å²) in [7, 11) is 1.39. The Labute approximate surface area is 136 Å². The maximum Gasteiger partial charge on any atom is 0.337 e. The van der Waals surface area contributed by atoms with Crippen molar-refractivity contribution in [1.82, 2.24) is 0 Å². The number of ether oxygens (including phenoxy) is 1. The summed E-state index contributed by atoms with van der Waals surface area (Å²) in [5.41, 5.74) is 1.52. The maximum atomic E-state index is 11.5. The molecule has 0 spiro atoms. The number of furan rings is 1. The fourth-order valence-electron chi connectivity index (χ4n) is 3.18. The van der Waals surface area contributed by atoms with Crippen molar-refractivity contribution in [3.05, 3.63) is 47.7 Å². The van der Waals surface area contributed by atoms with Gasteiger partial charge in [0.2, 0.25) is 0 Å². The summed E-state index contributed by atoms with van der Waals surface area (Å²) < 4.78 is 10.6. The second kappa shape index (κ2) is 7.47. The topological polar surface area (TPSA) is 56.0 Å². The molecule has 1 saturated carbocycles. The molecule has 0 atom stereocenters. The minimum absolute atomic E-state index is 0.321. The number of hydrogen-bond acceptors (Lipinski definition) is 3. The Morgan fingerprint density at radius 1 is 1.13 bits per heavy atom. The molecule has 1 aromatic heterocycles. The van der Waals surface area contributed by atoms with Gasteiger partial charge in [0, 0.05) is 5.56 Å². The summed E-state index contributed by atoms with van der Waals surface area (Å²) in [5.74, 6) is 1.52. The lowest BCUT2D eigenvalue weighted by molar-refractivity contribution is -0.708. The van der Waals surface area contributed by atoms with Crippen LogP contribution in [0.5, 0.6) is 0 Å². The van der Waals surface area contributed by atoms with Gasteiger partial charge in [-0.25, -0.2) is 4.79 Å². The van der Waals surface area contributed by atoms with Crippen LogP contribution in [-0.4, -0.2) is 19.1 Å². The normalized spacial score (nSPS) is 15.5. The second-order valence-corrected chi connectivity index (χ2v) is 6.17. The van der Waals surface area contributed by atoms with E-state index in [9.17, 15) is 4.79 Å². The van der Waals surface area contributed by atoms with Crippen LogP contribution in [0.1, 0.15) is 48.2 Å². The van der Waals surface area contributed by atoms with Crippen LogP contribution in [0.15, 0.2) is 40.8 Å². The smallest absolute Gasteiger partial charge is 0.337 e. The number of quaternary nitrogens is 1. The third-order valence-electron chi connectivity index (χ3n) is 4.55. The number of carbonyl (C=O) groups is 1. The van der Waals surface area contributed by atoms with E-state index >= 15 is 0 Å². The molecule has 1 heterocycles. The zero-order valence-corrected chi connectivity index (χ0v) is 13.6. The molecule has 0 aliphatic heterocycles. The van der Waals surface area contributed by atoms with Crippen molar-refractivity contribution >= 4 is 5.97 Å². The van der Waals surface area contributed by atoms with Crippen LogP contribution in [-0.2, 0) is 11.3 Å². The van der Waals surface area contributed by atoms with Gasteiger partial charge >= 0.3 is 5.97 Å². The summed E-state index contributed by atoms with van der Waals surface area (Å²) in [6.45, 7) is 0.894. The quantitative estimate of drug-likeness (QED) is 0.863. The number of benzene rings is 1. The molecule has 3 rings (SSSR count). The van der Waals surface area contributed by atoms with Crippen molar-refractivity contribution in [2.75, 3.05) is 7.11 Å². The lowest BCUT2D eigenvalue weighted by atomic mass is 9.95. The average molecular weight is 314 g/mol. The lowest BCUT2D eigenvalue weighted by Crippen LogP contribution is -2.88. The third kappa shape index (κ3) is 4.02. The summed E-state index contributed by atoms with van der Waals surface area (Å²) in [4.78, 5) is 11.5. The van der Waals surface area contributed by atoms with Gasteiger partial charge in [-0.05, 0) is 49.9 Å². The highest BCUT2D eigenvalue weighted by atomic mass is 16.5. The van der Waals surface area contributed by atoms with Crippen LogP contribution in [0, 0.1) is 0 Å². The molecule has 0 bridgehead atoms. The number of hydrogen-bond donors (Lipinski definition) is 1. The highest BCUT2D eigenvalue weighted by Crippen LogP contribution is 2.22. The van der Waals surface area contributed by atoms with Crippen LogP contribution < -0.4 is 5.32 Å². The zero-order valence-electron chi connectivity index (χ0n) is 13.6. The van der Waals surface area contributed by atoms with E-state index in [0.29, 0.717) is 5.56 Å². The van der Waals surface area contributed by atoms with Gasteiger partial charge in [0.1, 0.15) is 12.3 Å². The molecule has 2 N–H and O–H groups in total. The maximum absolute atomic E-state index is 11.5. The van der Waals surface area contributed by atoms with Gasteiger partial charge in [-0.2, -0.15) is 0 Å². The number of methoxy groups -OCH3 is 1. The minimum Gasteiger partial charge on any atom is -0.465 e. The lowest BCUT2D eigenvalue weighted by Gasteiger charge is -2.19. The van der Waals surface area contributed by atoms with E-state index in [-0.39, 0.29) is 5.97 Å². The molecule has 23 heavy (non-hydrogen) atoms. The molecule has 4 heteroatoms. The zero-order chi connectivity index (χ0) is 16.1. The first-order valence-electron chi connectivity index (χ1n) is 8.37. The third-order valence-corrected chi connectivity index (χ3v) is 4.55. The fourth-order valence-corrected chi connectivity index (χ4v) is 3.18. The van der Waals surface area contributed by atoms with Crippen LogP contribution in [0.2, 0.25) is 0 Å². The SMILES string of the molecule is COC(=O)c1ccc(-c2ccc(C[NH2+]C3CCCCC3)o2)cc1. The molecule has 0 saturated heterocycles. The van der Waals surface area contributed by atoms with Crippen molar-refractivity contribution < 1.29 is 19.3 Å². The molecule has 0 unspecified atom stereocenters. The highest BCUT2D eigenvalue weighted by Gasteiger charge is 2.16. The van der Waals surface area contributed by atoms with Crippen LogP contribution in [0.4, 0.5) is 0 Å². The van der Waals surface area contributed by atoms with Gasteiger partial charge in [-0.3, -0.25) is 0 Å². The second-order valence-electron chi connectivity index (χ2n) is 6.17. The minimum atomic E-state index is -0.321. The van der Waals surface area contributed by atoms with Crippen LogP contribution >= 0.6 is 0 Å². The number of nitrogens with two attached hydrogens (primary N) is 1. The Kier molecular flexibility index (Phi) is 5.13. The van der Waals surface area contributed by atoms with E-state index in [1.54, 1.807) is 12.1 Å². The summed E-state index contributed by atoms with van der Waals surface area (Å²) in [6.07, 6.45) is 6.75. The number of rotatable bonds is 5. The standard InChI is InChI=1S/C19H23NO3/c1-22-19(21)15-9-7-14(8-10-15)18-12-11-17(23-18)13-20-16-5-3-2-4-6-16/h7-12,16,20H,2-6,13H2,1H3/p+1. The van der Waals surface area contributed by atoms with Crippen molar-refractivity contribution in [1.29, 1.82) is 0 Å². The molecule has 4 nitrogen and oxygen atoms in total. The van der Waals surface area contributed by atoms with Gasteiger partial charge in [0.25, 0.3) is 0 Å². The molecule has 0 amide bonds. The van der Waals surface area contributed by atoms with Gasteiger partial charge in [0.05, 0.1) is 18.7 Å². The van der Waals surface area contributed by atoms with Gasteiger partial charge < -0.3 is 14.5 Å². The van der Waals surface area contributed by atoms with E-state index in [0.717, 1.165) is 29.7 Å². The molecule has 2 aromatic rings. The van der Waals surface area contributed by atoms with Crippen molar-refractivity contribution in [3.8, 4) is 11.3 Å². The largest absolute Gasteiger partial charge is 0.465 e. The number of carbonyl (C=O) groups excluding carboxylic acids is 1. The molecule has 1 aliphatic carbocycles. The predicted octanol–water partition coefficient (Wildman–Crippen LogP) is 3.13. The van der Waals surface area contributed by atoms with E-state index in [4.69, 9.17) is 9.15 Å². The van der Waals surface area contributed by atoms with Gasteiger partial charge in [-0.15, -0.1) is 0 Å². The Hall–Kier alpha value is -2.07. The molecule has 122 valence electrons. The van der Waals surface area contributed by atoms with Crippen LogP contribution in [0.25, 0.3) is 11.3 Å². The highest BCUT2D eigenvalue weighted by molar-refractivity contribution is 5.89. The van der Waals surface area contributed by atoms with Crippen molar-refractivity contribution in [2.24, 2.45) is 0 Å². The molecule has 0 radical (unpaired) electrons. The Bertz CT molecular complexity index is 639. The first-order valence-corrected chi connectivity index (χ1v) is 8.37. The Balaban J connectivity index is 1.60.